The van der Waals surface area contributed by atoms with E-state index in [9.17, 15) is 0 Å². The molecule has 102 valence electrons. The van der Waals surface area contributed by atoms with E-state index in [1.807, 2.05) is 17.9 Å². The maximum atomic E-state index is 5.95. The number of nitrogens with zero attached hydrogens (tertiary/aromatic N) is 2. The molecule has 3 heteroatoms. The molecule has 18 heavy (non-hydrogen) atoms. The van der Waals surface area contributed by atoms with Gasteiger partial charge in [0.2, 0.25) is 0 Å². The van der Waals surface area contributed by atoms with Crippen LogP contribution in [0.15, 0.2) is 12.4 Å². The van der Waals surface area contributed by atoms with Crippen LogP contribution < -0.4 is 5.73 Å². The zero-order valence-corrected chi connectivity index (χ0v) is 12.0. The number of hydrogen-bond donors (Lipinski definition) is 1. The molecule has 1 heterocycles. The van der Waals surface area contributed by atoms with E-state index in [0.717, 1.165) is 30.7 Å². The lowest BCUT2D eigenvalue weighted by Gasteiger charge is -2.37. The second kappa shape index (κ2) is 5.87. The van der Waals surface area contributed by atoms with Crippen LogP contribution in [0.1, 0.15) is 38.7 Å². The van der Waals surface area contributed by atoms with Gasteiger partial charge in [-0.25, -0.2) is 0 Å². The molecule has 0 radical (unpaired) electrons. The van der Waals surface area contributed by atoms with Crippen molar-refractivity contribution in [2.45, 2.75) is 39.5 Å². The van der Waals surface area contributed by atoms with Gasteiger partial charge in [-0.3, -0.25) is 4.68 Å². The van der Waals surface area contributed by atoms with Crippen LogP contribution in [-0.4, -0.2) is 16.3 Å². The molecule has 1 fully saturated rings. The molecule has 3 atom stereocenters. The Bertz CT molecular complexity index is 370. The lowest BCUT2D eigenvalue weighted by molar-refractivity contribution is 0.151. The largest absolute Gasteiger partial charge is 0.330 e. The van der Waals surface area contributed by atoms with Gasteiger partial charge in [0, 0.05) is 13.2 Å². The predicted octanol–water partition coefficient (Wildman–Crippen LogP) is 2.61. The molecule has 0 amide bonds. The van der Waals surface area contributed by atoms with Gasteiger partial charge in [-0.1, -0.05) is 13.8 Å². The molecule has 1 aliphatic carbocycles. The summed E-state index contributed by atoms with van der Waals surface area (Å²) in [6.07, 6.45) is 9.32. The summed E-state index contributed by atoms with van der Waals surface area (Å²) in [7, 11) is 1.99. The van der Waals surface area contributed by atoms with Crippen LogP contribution in [0.2, 0.25) is 0 Å². The van der Waals surface area contributed by atoms with Crippen molar-refractivity contribution in [1.29, 1.82) is 0 Å². The highest BCUT2D eigenvalue weighted by Crippen LogP contribution is 2.38. The van der Waals surface area contributed by atoms with Gasteiger partial charge >= 0.3 is 0 Å². The summed E-state index contributed by atoms with van der Waals surface area (Å²) in [5.74, 6) is 3.15. The topological polar surface area (TPSA) is 43.8 Å². The second-order valence-electron chi connectivity index (χ2n) is 6.30. The fourth-order valence-corrected chi connectivity index (χ4v) is 3.41. The van der Waals surface area contributed by atoms with Crippen LogP contribution in [0.5, 0.6) is 0 Å². The second-order valence-corrected chi connectivity index (χ2v) is 6.30. The van der Waals surface area contributed by atoms with Crippen molar-refractivity contribution < 1.29 is 0 Å². The minimum absolute atomic E-state index is 0.709. The van der Waals surface area contributed by atoms with Gasteiger partial charge in [0.1, 0.15) is 0 Å². The van der Waals surface area contributed by atoms with Crippen LogP contribution in [0.3, 0.4) is 0 Å². The highest BCUT2D eigenvalue weighted by atomic mass is 15.2. The normalized spacial score (nSPS) is 28.8. The number of hydrogen-bond acceptors (Lipinski definition) is 2. The van der Waals surface area contributed by atoms with Crippen molar-refractivity contribution in [3.05, 3.63) is 18.0 Å². The highest BCUT2D eigenvalue weighted by molar-refractivity contribution is 5.06. The SMILES string of the molecule is CC(C)C1CCC(CN)C(Cc2cnn(C)c2)C1. The molecule has 0 spiro atoms. The van der Waals surface area contributed by atoms with E-state index in [-0.39, 0.29) is 0 Å². The summed E-state index contributed by atoms with van der Waals surface area (Å²) in [6, 6.07) is 0. The Morgan fingerprint density at radius 2 is 2.17 bits per heavy atom. The van der Waals surface area contributed by atoms with E-state index in [2.05, 4.69) is 25.1 Å². The van der Waals surface area contributed by atoms with Gasteiger partial charge in [-0.2, -0.15) is 5.10 Å². The fraction of sp³-hybridized carbons (Fsp3) is 0.800. The third-order valence-corrected chi connectivity index (χ3v) is 4.68. The average Bonchev–Trinajstić information content (AvgIpc) is 2.74. The smallest absolute Gasteiger partial charge is 0.0521 e. The average molecular weight is 249 g/mol. The van der Waals surface area contributed by atoms with Crippen LogP contribution in [-0.2, 0) is 13.5 Å². The molecule has 0 aromatic carbocycles. The molecule has 3 unspecified atom stereocenters. The lowest BCUT2D eigenvalue weighted by Crippen LogP contribution is -2.33. The fourth-order valence-electron chi connectivity index (χ4n) is 3.41. The molecule has 0 bridgehead atoms. The maximum absolute atomic E-state index is 5.95. The number of rotatable bonds is 4. The highest BCUT2D eigenvalue weighted by Gasteiger charge is 2.31. The monoisotopic (exact) mass is 249 g/mol. The van der Waals surface area contributed by atoms with Crippen molar-refractivity contribution in [2.24, 2.45) is 36.5 Å². The molecule has 1 aromatic rings. The molecule has 1 aromatic heterocycles. The molecule has 2 N–H and O–H groups in total. The van der Waals surface area contributed by atoms with Crippen molar-refractivity contribution in [2.75, 3.05) is 6.54 Å². The van der Waals surface area contributed by atoms with Gasteiger partial charge in [-0.15, -0.1) is 0 Å². The maximum Gasteiger partial charge on any atom is 0.0521 e. The van der Waals surface area contributed by atoms with Crippen LogP contribution >= 0.6 is 0 Å². The Balaban J connectivity index is 2.02. The summed E-state index contributed by atoms with van der Waals surface area (Å²) >= 11 is 0. The summed E-state index contributed by atoms with van der Waals surface area (Å²) in [4.78, 5) is 0. The van der Waals surface area contributed by atoms with Crippen LogP contribution in [0.4, 0.5) is 0 Å². The van der Waals surface area contributed by atoms with E-state index in [4.69, 9.17) is 5.73 Å². The summed E-state index contributed by atoms with van der Waals surface area (Å²) in [5.41, 5.74) is 7.32. The minimum Gasteiger partial charge on any atom is -0.330 e. The minimum atomic E-state index is 0.709. The molecule has 2 rings (SSSR count). The van der Waals surface area contributed by atoms with Crippen molar-refractivity contribution in [3.8, 4) is 0 Å². The van der Waals surface area contributed by atoms with Crippen molar-refractivity contribution in [1.82, 2.24) is 9.78 Å². The lowest BCUT2D eigenvalue weighted by atomic mass is 9.69. The molecule has 1 saturated carbocycles. The third kappa shape index (κ3) is 3.14. The molecule has 3 nitrogen and oxygen atoms in total. The van der Waals surface area contributed by atoms with Crippen molar-refractivity contribution >= 4 is 0 Å². The molecule has 0 aliphatic heterocycles. The van der Waals surface area contributed by atoms with E-state index in [1.165, 1.54) is 24.8 Å². The van der Waals surface area contributed by atoms with Crippen molar-refractivity contribution in [3.63, 3.8) is 0 Å². The standard InChI is InChI=1S/C15H27N3/c1-11(2)13-4-5-14(8-16)15(7-13)6-12-9-17-18(3)10-12/h9-11,13-15H,4-8,16H2,1-3H3. The summed E-state index contributed by atoms with van der Waals surface area (Å²) in [6.45, 7) is 5.55. The van der Waals surface area contributed by atoms with Gasteiger partial charge < -0.3 is 5.73 Å². The first-order chi connectivity index (χ1) is 8.60. The predicted molar refractivity (Wildman–Crippen MR) is 75.1 cm³/mol. The number of nitrogens with two attached hydrogens (primary N) is 1. The molecule has 0 saturated heterocycles. The Morgan fingerprint density at radius 3 is 2.72 bits per heavy atom. The first-order valence-electron chi connectivity index (χ1n) is 7.27. The Kier molecular flexibility index (Phi) is 4.44. The first-order valence-corrected chi connectivity index (χ1v) is 7.27. The van der Waals surface area contributed by atoms with Crippen LogP contribution in [0, 0.1) is 23.7 Å². The Labute approximate surface area is 111 Å². The Morgan fingerprint density at radius 1 is 1.39 bits per heavy atom. The van der Waals surface area contributed by atoms with E-state index >= 15 is 0 Å². The van der Waals surface area contributed by atoms with E-state index in [0.29, 0.717) is 5.92 Å². The zero-order chi connectivity index (χ0) is 13.1. The van der Waals surface area contributed by atoms with Gasteiger partial charge in [-0.05, 0) is 61.5 Å². The Hall–Kier alpha value is -0.830. The zero-order valence-electron chi connectivity index (χ0n) is 12.0. The quantitative estimate of drug-likeness (QED) is 0.891. The van der Waals surface area contributed by atoms with Crippen LogP contribution in [0.25, 0.3) is 0 Å². The summed E-state index contributed by atoms with van der Waals surface area (Å²) in [5, 5.41) is 4.27. The van der Waals surface area contributed by atoms with Gasteiger partial charge in [0.05, 0.1) is 6.20 Å². The first kappa shape index (κ1) is 13.6. The molecular formula is C15H27N3. The van der Waals surface area contributed by atoms with Gasteiger partial charge in [0.15, 0.2) is 0 Å². The molecular weight excluding hydrogens is 222 g/mol. The third-order valence-electron chi connectivity index (χ3n) is 4.68. The number of aryl methyl sites for hydroxylation is 1. The number of aromatic nitrogens is 2. The van der Waals surface area contributed by atoms with E-state index in [1.54, 1.807) is 0 Å². The molecule has 1 aliphatic rings. The summed E-state index contributed by atoms with van der Waals surface area (Å²) < 4.78 is 1.90. The van der Waals surface area contributed by atoms with E-state index < -0.39 is 0 Å². The van der Waals surface area contributed by atoms with Gasteiger partial charge in [0.25, 0.3) is 0 Å².